The minimum absolute atomic E-state index is 0.174. The molecule has 1 N–H and O–H groups in total. The first kappa shape index (κ1) is 23.4. The number of carbonyl (C=O) groups is 1. The van der Waals surface area contributed by atoms with E-state index in [4.69, 9.17) is 9.26 Å². The number of hydrogen-bond acceptors (Lipinski definition) is 8. The molecule has 4 rings (SSSR count). The van der Waals surface area contributed by atoms with E-state index in [2.05, 4.69) is 26.5 Å². The molecule has 1 aromatic carbocycles. The second kappa shape index (κ2) is 9.64. The van der Waals surface area contributed by atoms with Gasteiger partial charge in [0.25, 0.3) is 11.5 Å². The smallest absolute Gasteiger partial charge is 0.296 e. The molecule has 11 nitrogen and oxygen atoms in total. The molecule has 0 fully saturated rings. The summed E-state index contributed by atoms with van der Waals surface area (Å²) in [5, 5.41) is 15.9. The van der Waals surface area contributed by atoms with Crippen molar-refractivity contribution in [3.8, 4) is 11.8 Å². The van der Waals surface area contributed by atoms with Crippen LogP contribution in [0.25, 0.3) is 0 Å². The van der Waals surface area contributed by atoms with Crippen molar-refractivity contribution in [1.82, 2.24) is 24.3 Å². The SMILES string of the molecule is COc1c(C(=O)Nc2cnoc2)nc(C(C)C(c2cn(C)cn2)c2ccccc2C#N)n(C)c1=O. The minimum atomic E-state index is -0.650. The third-order valence-corrected chi connectivity index (χ3v) is 5.76. The Morgan fingerprint density at radius 1 is 1.29 bits per heavy atom. The molecule has 4 aromatic rings. The number of hydrogen-bond donors (Lipinski definition) is 1. The van der Waals surface area contributed by atoms with E-state index in [-0.39, 0.29) is 11.4 Å². The van der Waals surface area contributed by atoms with Gasteiger partial charge in [0.05, 0.1) is 37.0 Å². The van der Waals surface area contributed by atoms with Crippen molar-refractivity contribution in [2.75, 3.05) is 12.4 Å². The molecule has 0 aliphatic rings. The largest absolute Gasteiger partial charge is 0.489 e. The molecule has 0 saturated heterocycles. The van der Waals surface area contributed by atoms with Crippen molar-refractivity contribution >= 4 is 11.6 Å². The normalized spacial score (nSPS) is 12.5. The van der Waals surface area contributed by atoms with Crippen LogP contribution in [0.1, 0.15) is 51.9 Å². The molecule has 178 valence electrons. The number of aromatic nitrogens is 5. The van der Waals surface area contributed by atoms with Crippen LogP contribution in [0.15, 0.2) is 58.6 Å². The summed E-state index contributed by atoms with van der Waals surface area (Å²) >= 11 is 0. The first-order valence-corrected chi connectivity index (χ1v) is 10.7. The molecule has 1 amide bonds. The van der Waals surface area contributed by atoms with Crippen LogP contribution in [0, 0.1) is 11.3 Å². The topological polar surface area (TPSA) is 141 Å². The molecular formula is C24H23N7O4. The van der Waals surface area contributed by atoms with Crippen LogP contribution in [-0.2, 0) is 14.1 Å². The van der Waals surface area contributed by atoms with Gasteiger partial charge in [-0.25, -0.2) is 9.97 Å². The summed E-state index contributed by atoms with van der Waals surface area (Å²) in [6.07, 6.45) is 6.11. The van der Waals surface area contributed by atoms with Crippen LogP contribution in [0.3, 0.4) is 0 Å². The fraction of sp³-hybridized carbons (Fsp3) is 0.250. The zero-order valence-corrected chi connectivity index (χ0v) is 19.6. The first-order valence-electron chi connectivity index (χ1n) is 10.7. The second-order valence-corrected chi connectivity index (χ2v) is 8.01. The molecule has 0 aliphatic heterocycles. The number of amides is 1. The van der Waals surface area contributed by atoms with E-state index in [9.17, 15) is 14.9 Å². The molecular weight excluding hydrogens is 450 g/mol. The molecule has 2 unspecified atom stereocenters. The Bertz CT molecular complexity index is 1460. The van der Waals surface area contributed by atoms with Crippen molar-refractivity contribution in [2.45, 2.75) is 18.8 Å². The average Bonchev–Trinajstić information content (AvgIpc) is 3.52. The molecule has 0 bridgehead atoms. The highest BCUT2D eigenvalue weighted by molar-refractivity contribution is 6.04. The average molecular weight is 473 g/mol. The predicted octanol–water partition coefficient (Wildman–Crippen LogP) is 2.57. The number of carbonyl (C=O) groups excluding carboxylic acids is 1. The quantitative estimate of drug-likeness (QED) is 0.432. The highest BCUT2D eigenvalue weighted by Gasteiger charge is 2.32. The van der Waals surface area contributed by atoms with E-state index in [1.165, 1.54) is 24.1 Å². The number of methoxy groups -OCH3 is 1. The zero-order chi connectivity index (χ0) is 25.1. The van der Waals surface area contributed by atoms with Crippen LogP contribution < -0.4 is 15.6 Å². The summed E-state index contributed by atoms with van der Waals surface area (Å²) in [4.78, 5) is 35.3. The number of imidazole rings is 1. The molecule has 3 heterocycles. The summed E-state index contributed by atoms with van der Waals surface area (Å²) < 4.78 is 13.2. The van der Waals surface area contributed by atoms with Gasteiger partial charge in [0.15, 0.2) is 5.69 Å². The number of aryl methyl sites for hydroxylation is 1. The second-order valence-electron chi connectivity index (χ2n) is 8.01. The summed E-state index contributed by atoms with van der Waals surface area (Å²) in [6, 6.07) is 9.46. The van der Waals surface area contributed by atoms with Crippen molar-refractivity contribution < 1.29 is 14.1 Å². The van der Waals surface area contributed by atoms with Crippen LogP contribution in [-0.4, -0.2) is 37.3 Å². The molecule has 35 heavy (non-hydrogen) atoms. The summed E-state index contributed by atoms with van der Waals surface area (Å²) in [7, 11) is 4.72. The van der Waals surface area contributed by atoms with Gasteiger partial charge < -0.3 is 19.1 Å². The lowest BCUT2D eigenvalue weighted by molar-refractivity contribution is 0.101. The lowest BCUT2D eigenvalue weighted by Gasteiger charge is -2.25. The van der Waals surface area contributed by atoms with E-state index >= 15 is 0 Å². The number of nitrogens with one attached hydrogen (secondary N) is 1. The maximum atomic E-state index is 13.2. The van der Waals surface area contributed by atoms with Gasteiger partial charge in [0, 0.05) is 32.1 Å². The van der Waals surface area contributed by atoms with Crippen molar-refractivity contribution in [3.05, 3.63) is 87.9 Å². The Morgan fingerprint density at radius 3 is 2.69 bits per heavy atom. The third-order valence-electron chi connectivity index (χ3n) is 5.76. The third kappa shape index (κ3) is 4.41. The van der Waals surface area contributed by atoms with Gasteiger partial charge in [-0.1, -0.05) is 30.3 Å². The number of benzene rings is 1. The molecule has 2 atom stereocenters. The number of anilines is 1. The van der Waals surface area contributed by atoms with E-state index in [0.717, 1.165) is 5.56 Å². The van der Waals surface area contributed by atoms with Crippen LogP contribution in [0.4, 0.5) is 5.69 Å². The van der Waals surface area contributed by atoms with Gasteiger partial charge in [-0.05, 0) is 11.6 Å². The van der Waals surface area contributed by atoms with E-state index < -0.39 is 23.3 Å². The number of ether oxygens (including phenoxy) is 1. The lowest BCUT2D eigenvalue weighted by Crippen LogP contribution is -2.31. The van der Waals surface area contributed by atoms with Crippen LogP contribution in [0.2, 0.25) is 0 Å². The van der Waals surface area contributed by atoms with Crippen LogP contribution in [0.5, 0.6) is 5.75 Å². The first-order chi connectivity index (χ1) is 16.8. The molecule has 0 aliphatic carbocycles. The fourth-order valence-electron chi connectivity index (χ4n) is 4.10. The summed E-state index contributed by atoms with van der Waals surface area (Å²) in [6.45, 7) is 1.88. The monoisotopic (exact) mass is 473 g/mol. The molecule has 0 saturated carbocycles. The Kier molecular flexibility index (Phi) is 6.46. The van der Waals surface area contributed by atoms with E-state index in [1.54, 1.807) is 25.5 Å². The number of rotatable bonds is 7. The van der Waals surface area contributed by atoms with Crippen molar-refractivity contribution in [3.63, 3.8) is 0 Å². The zero-order valence-electron chi connectivity index (χ0n) is 19.6. The Morgan fingerprint density at radius 2 is 2.06 bits per heavy atom. The van der Waals surface area contributed by atoms with Gasteiger partial charge in [-0.2, -0.15) is 5.26 Å². The predicted molar refractivity (Wildman–Crippen MR) is 125 cm³/mol. The molecule has 11 heteroatoms. The standard InChI is InChI=1S/C24H23N7O4/c1-14(19(18-11-30(2)13-26-18)17-8-6-5-7-15(17)9-25)22-29-20(21(34-4)24(33)31(22)3)23(32)28-16-10-27-35-12-16/h5-8,10-14,19H,1-4H3,(H,28,32). The Balaban J connectivity index is 1.88. The summed E-state index contributed by atoms with van der Waals surface area (Å²) in [5.74, 6) is -1.39. The number of nitriles is 1. The van der Waals surface area contributed by atoms with Gasteiger partial charge >= 0.3 is 0 Å². The lowest BCUT2D eigenvalue weighted by atomic mass is 9.82. The maximum absolute atomic E-state index is 13.2. The van der Waals surface area contributed by atoms with Crippen LogP contribution >= 0.6 is 0 Å². The van der Waals surface area contributed by atoms with Gasteiger partial charge in [-0.15, -0.1) is 0 Å². The Labute approximate surface area is 200 Å². The molecule has 3 aromatic heterocycles. The highest BCUT2D eigenvalue weighted by Crippen LogP contribution is 2.38. The minimum Gasteiger partial charge on any atom is -0.489 e. The summed E-state index contributed by atoms with van der Waals surface area (Å²) in [5.41, 5.74) is 1.53. The fourth-order valence-corrected chi connectivity index (χ4v) is 4.10. The molecule has 0 radical (unpaired) electrons. The highest BCUT2D eigenvalue weighted by atomic mass is 16.5. The van der Waals surface area contributed by atoms with Crippen molar-refractivity contribution in [1.29, 1.82) is 5.26 Å². The number of nitrogens with zero attached hydrogens (tertiary/aromatic N) is 6. The van der Waals surface area contributed by atoms with Gasteiger partial charge in [-0.3, -0.25) is 14.2 Å². The van der Waals surface area contributed by atoms with E-state index in [0.29, 0.717) is 22.8 Å². The van der Waals surface area contributed by atoms with E-state index in [1.807, 2.05) is 36.9 Å². The molecule has 0 spiro atoms. The maximum Gasteiger partial charge on any atom is 0.296 e. The van der Waals surface area contributed by atoms with Gasteiger partial charge in [0.2, 0.25) is 5.75 Å². The van der Waals surface area contributed by atoms with Crippen molar-refractivity contribution in [2.24, 2.45) is 14.1 Å². The Hall–Kier alpha value is -4.72. The van der Waals surface area contributed by atoms with Gasteiger partial charge in [0.1, 0.15) is 17.8 Å².